The number of hydrogen-bond donors (Lipinski definition) is 0. The summed E-state index contributed by atoms with van der Waals surface area (Å²) >= 11 is 0. The Hall–Kier alpha value is -0.790. The molecule has 0 bridgehead atoms. The summed E-state index contributed by atoms with van der Waals surface area (Å²) in [5.74, 6) is 6.18. The molecule has 0 aromatic heterocycles. The van der Waals surface area contributed by atoms with Crippen LogP contribution in [0, 0.1) is 52.3 Å². The highest BCUT2D eigenvalue weighted by atomic mass is 16.5. The van der Waals surface area contributed by atoms with Gasteiger partial charge in [-0.05, 0) is 110 Å². The van der Waals surface area contributed by atoms with E-state index in [-0.39, 0.29) is 12.1 Å². The van der Waals surface area contributed by atoms with Crippen molar-refractivity contribution in [2.45, 2.75) is 241 Å². The lowest BCUT2D eigenvalue weighted by molar-refractivity contribution is -0.151. The van der Waals surface area contributed by atoms with Gasteiger partial charge in [-0.25, -0.2) is 0 Å². The summed E-state index contributed by atoms with van der Waals surface area (Å²) in [6.07, 6.45) is 41.3. The van der Waals surface area contributed by atoms with Crippen LogP contribution in [-0.4, -0.2) is 12.1 Å². The molecule has 4 aliphatic rings. The van der Waals surface area contributed by atoms with Crippen LogP contribution in [0.5, 0.6) is 0 Å². The average Bonchev–Trinajstić information content (AvgIpc) is 3.47. The van der Waals surface area contributed by atoms with E-state index in [0.29, 0.717) is 17.3 Å². The molecule has 0 unspecified atom stereocenters. The zero-order valence-electron chi connectivity index (χ0n) is 35.5. The highest BCUT2D eigenvalue weighted by molar-refractivity contribution is 5.69. The smallest absolute Gasteiger partial charge is 0.306 e. The molecule has 296 valence electrons. The van der Waals surface area contributed by atoms with E-state index in [1.165, 1.54) is 161 Å². The molecular formula is C49H88O2. The molecule has 3 saturated carbocycles. The van der Waals surface area contributed by atoms with Crippen molar-refractivity contribution in [3.05, 3.63) is 11.6 Å². The molecular weight excluding hydrogens is 621 g/mol. The molecule has 4 rings (SSSR count). The van der Waals surface area contributed by atoms with Crippen LogP contribution in [0.25, 0.3) is 0 Å². The number of carbonyl (C=O) groups excluding carboxylic acids is 1. The summed E-state index contributed by atoms with van der Waals surface area (Å²) in [6.45, 7) is 17.5. The lowest BCUT2D eigenvalue weighted by Crippen LogP contribution is -2.51. The number of rotatable bonds is 25. The molecule has 2 heteroatoms. The second-order valence-electron chi connectivity index (χ2n) is 19.7. The fourth-order valence-electron chi connectivity index (χ4n) is 12.6. The van der Waals surface area contributed by atoms with Crippen LogP contribution in [0.15, 0.2) is 11.6 Å². The molecule has 0 aromatic rings. The van der Waals surface area contributed by atoms with Gasteiger partial charge in [0.2, 0.25) is 0 Å². The Bertz CT molecular complexity index is 1010. The number of ether oxygens (including phenoxy) is 1. The minimum Gasteiger partial charge on any atom is -0.462 e. The zero-order chi connectivity index (χ0) is 36.7. The topological polar surface area (TPSA) is 26.3 Å². The van der Waals surface area contributed by atoms with E-state index < -0.39 is 0 Å². The van der Waals surface area contributed by atoms with Crippen molar-refractivity contribution >= 4 is 5.97 Å². The summed E-state index contributed by atoms with van der Waals surface area (Å²) in [4.78, 5) is 12.9. The highest BCUT2D eigenvalue weighted by Gasteiger charge is 2.59. The third-order valence-electron chi connectivity index (χ3n) is 16.1. The van der Waals surface area contributed by atoms with Crippen molar-refractivity contribution in [2.75, 3.05) is 0 Å². The van der Waals surface area contributed by atoms with Gasteiger partial charge in [-0.1, -0.05) is 176 Å². The van der Waals surface area contributed by atoms with Crippen LogP contribution < -0.4 is 0 Å². The Balaban J connectivity index is 1.08. The number of carbonyl (C=O) groups is 1. The van der Waals surface area contributed by atoms with Crippen LogP contribution >= 0.6 is 0 Å². The van der Waals surface area contributed by atoms with Crippen LogP contribution in [-0.2, 0) is 9.53 Å². The Kier molecular flexibility index (Phi) is 18.5. The van der Waals surface area contributed by atoms with E-state index in [2.05, 4.69) is 54.5 Å². The van der Waals surface area contributed by atoms with E-state index in [1.54, 1.807) is 5.57 Å². The SMILES string of the molecule is CCCCCCCCCCCCCCCCCCCC(=O)O[C@H]1CC[C@@]2(C)C(=CC[C@@H]3[C@H]4CC[C@@H]([C@H](C)CC[C@@H](CC)C(C)C)[C@@]4(C)CC[C@@H]32)C1. The summed E-state index contributed by atoms with van der Waals surface area (Å²) < 4.78 is 6.16. The molecule has 0 heterocycles. The maximum Gasteiger partial charge on any atom is 0.306 e. The van der Waals surface area contributed by atoms with Gasteiger partial charge < -0.3 is 4.74 Å². The van der Waals surface area contributed by atoms with E-state index in [0.717, 1.165) is 60.7 Å². The Labute approximate surface area is 319 Å². The van der Waals surface area contributed by atoms with Gasteiger partial charge in [0.05, 0.1) is 0 Å². The number of hydrogen-bond acceptors (Lipinski definition) is 2. The Morgan fingerprint density at radius 2 is 1.31 bits per heavy atom. The number of esters is 1. The molecule has 51 heavy (non-hydrogen) atoms. The van der Waals surface area contributed by atoms with Gasteiger partial charge in [0, 0.05) is 12.8 Å². The van der Waals surface area contributed by atoms with Crippen molar-refractivity contribution in [3.8, 4) is 0 Å². The normalized spacial score (nSPS) is 31.5. The minimum absolute atomic E-state index is 0.0667. The van der Waals surface area contributed by atoms with Gasteiger partial charge in [0.25, 0.3) is 0 Å². The molecule has 0 amide bonds. The summed E-state index contributed by atoms with van der Waals surface area (Å²) in [5.41, 5.74) is 2.52. The van der Waals surface area contributed by atoms with Crippen molar-refractivity contribution in [3.63, 3.8) is 0 Å². The first-order valence-electron chi connectivity index (χ1n) is 23.5. The third kappa shape index (κ3) is 12.1. The standard InChI is InChI=1S/C49H88O2/c1-8-10-11-12-13-14-15-16-17-18-19-20-21-22-23-24-25-26-47(50)51-42-33-35-48(6)41(37-42)29-30-43-45-32-31-44(49(45,7)36-34-46(43)48)39(5)27-28-40(9-2)38(3)4/h29,38-40,42-46H,8-28,30-37H2,1-7H3/t39-,40-,42+,43-,44+,45-,46+,48+,49-/m1/s1. The maximum absolute atomic E-state index is 12.9. The first kappa shape index (κ1) is 42.9. The van der Waals surface area contributed by atoms with Crippen molar-refractivity contribution in [1.82, 2.24) is 0 Å². The highest BCUT2D eigenvalue weighted by Crippen LogP contribution is 2.67. The molecule has 0 N–H and O–H groups in total. The number of unbranched alkanes of at least 4 members (excludes halogenated alkanes) is 16. The third-order valence-corrected chi connectivity index (χ3v) is 16.1. The lowest BCUT2D eigenvalue weighted by atomic mass is 9.47. The van der Waals surface area contributed by atoms with Crippen molar-refractivity contribution in [1.29, 1.82) is 0 Å². The minimum atomic E-state index is 0.0667. The quantitative estimate of drug-likeness (QED) is 0.0536. The number of fused-ring (bicyclic) bond motifs is 5. The van der Waals surface area contributed by atoms with Gasteiger partial charge in [0.15, 0.2) is 0 Å². The summed E-state index contributed by atoms with van der Waals surface area (Å²) in [7, 11) is 0. The van der Waals surface area contributed by atoms with Gasteiger partial charge in [0.1, 0.15) is 6.10 Å². The molecule has 2 nitrogen and oxygen atoms in total. The molecule has 3 fully saturated rings. The van der Waals surface area contributed by atoms with Crippen LogP contribution in [0.2, 0.25) is 0 Å². The second-order valence-corrected chi connectivity index (χ2v) is 19.7. The Morgan fingerprint density at radius 3 is 1.88 bits per heavy atom. The van der Waals surface area contributed by atoms with Crippen LogP contribution in [0.1, 0.15) is 235 Å². The van der Waals surface area contributed by atoms with Gasteiger partial charge in [-0.3, -0.25) is 4.79 Å². The van der Waals surface area contributed by atoms with E-state index in [9.17, 15) is 4.79 Å². The van der Waals surface area contributed by atoms with Gasteiger partial charge in [-0.15, -0.1) is 0 Å². The van der Waals surface area contributed by atoms with Crippen LogP contribution in [0.4, 0.5) is 0 Å². The monoisotopic (exact) mass is 709 g/mol. The molecule has 0 radical (unpaired) electrons. The predicted octanol–water partition coefficient (Wildman–Crippen LogP) is 15.6. The summed E-state index contributed by atoms with van der Waals surface area (Å²) in [6, 6.07) is 0. The molecule has 4 aliphatic carbocycles. The average molecular weight is 709 g/mol. The first-order chi connectivity index (χ1) is 24.6. The fraction of sp³-hybridized carbons (Fsp3) is 0.939. The van der Waals surface area contributed by atoms with Gasteiger partial charge in [-0.2, -0.15) is 0 Å². The number of allylic oxidation sites excluding steroid dienone is 1. The Morgan fingerprint density at radius 1 is 0.725 bits per heavy atom. The van der Waals surface area contributed by atoms with Crippen LogP contribution in [0.3, 0.4) is 0 Å². The molecule has 0 aromatic carbocycles. The predicted molar refractivity (Wildman–Crippen MR) is 221 cm³/mol. The van der Waals surface area contributed by atoms with Gasteiger partial charge >= 0.3 is 5.97 Å². The van der Waals surface area contributed by atoms with E-state index >= 15 is 0 Å². The summed E-state index contributed by atoms with van der Waals surface area (Å²) in [5, 5.41) is 0. The molecule has 0 spiro atoms. The lowest BCUT2D eigenvalue weighted by Gasteiger charge is -2.58. The maximum atomic E-state index is 12.9. The first-order valence-corrected chi connectivity index (χ1v) is 23.5. The fourth-order valence-corrected chi connectivity index (χ4v) is 12.6. The second kappa shape index (κ2) is 21.9. The van der Waals surface area contributed by atoms with E-state index in [1.807, 2.05) is 0 Å². The largest absolute Gasteiger partial charge is 0.462 e. The van der Waals surface area contributed by atoms with Crippen molar-refractivity contribution < 1.29 is 9.53 Å². The molecule has 0 saturated heterocycles. The molecule has 9 atom stereocenters. The van der Waals surface area contributed by atoms with Crippen molar-refractivity contribution in [2.24, 2.45) is 52.3 Å². The molecule has 0 aliphatic heterocycles. The van der Waals surface area contributed by atoms with E-state index in [4.69, 9.17) is 4.74 Å². The zero-order valence-corrected chi connectivity index (χ0v) is 35.5.